The molecule has 5 heteroatoms. The Bertz CT molecular complexity index is 476. The van der Waals surface area contributed by atoms with Crippen LogP contribution in [0.2, 0.25) is 0 Å². The molecule has 2 aliphatic heterocycles. The number of carbonyl (C=O) groups excluding carboxylic acids is 1. The van der Waals surface area contributed by atoms with E-state index in [2.05, 4.69) is 4.90 Å². The Balaban J connectivity index is 1.82. The topological polar surface area (TPSA) is 60.9 Å². The summed E-state index contributed by atoms with van der Waals surface area (Å²) in [6.07, 6.45) is 7.57. The maximum absolute atomic E-state index is 13.0. The molecule has 1 amide bonds. The molecule has 2 heterocycles. The van der Waals surface area contributed by atoms with Crippen LogP contribution in [0, 0.1) is 5.41 Å². The maximum atomic E-state index is 13.0. The Morgan fingerprint density at radius 1 is 1.29 bits per heavy atom. The second-order valence-corrected chi connectivity index (χ2v) is 6.70. The predicted molar refractivity (Wildman–Crippen MR) is 78.8 cm³/mol. The normalized spacial score (nSPS) is 36.5. The van der Waals surface area contributed by atoms with Gasteiger partial charge in [0.2, 0.25) is 5.91 Å². The molecular weight excluding hydrogens is 268 g/mol. The lowest BCUT2D eigenvalue weighted by Gasteiger charge is -2.45. The van der Waals surface area contributed by atoms with Crippen LogP contribution >= 0.6 is 0 Å². The first-order chi connectivity index (χ1) is 10.0. The summed E-state index contributed by atoms with van der Waals surface area (Å²) in [5.41, 5.74) is -1.23. The van der Waals surface area contributed by atoms with Gasteiger partial charge in [0.25, 0.3) is 0 Å². The minimum atomic E-state index is -1.23. The summed E-state index contributed by atoms with van der Waals surface area (Å²) >= 11 is 0. The zero-order chi connectivity index (χ0) is 15.0. The average molecular weight is 292 g/mol. The fourth-order valence-corrected chi connectivity index (χ4v) is 4.06. The first-order valence-corrected chi connectivity index (χ1v) is 7.98. The van der Waals surface area contributed by atoms with E-state index in [-0.39, 0.29) is 11.9 Å². The van der Waals surface area contributed by atoms with Crippen molar-refractivity contribution in [2.24, 2.45) is 5.41 Å². The zero-order valence-electron chi connectivity index (χ0n) is 12.6. The van der Waals surface area contributed by atoms with Crippen LogP contribution in [-0.2, 0) is 9.59 Å². The van der Waals surface area contributed by atoms with Crippen LogP contribution < -0.4 is 0 Å². The Morgan fingerprint density at radius 2 is 2.10 bits per heavy atom. The number of piperazine rings is 1. The van der Waals surface area contributed by atoms with Crippen molar-refractivity contribution in [1.82, 2.24) is 9.80 Å². The van der Waals surface area contributed by atoms with Crippen molar-refractivity contribution in [3.05, 3.63) is 12.2 Å². The van der Waals surface area contributed by atoms with Crippen LogP contribution in [-0.4, -0.2) is 58.5 Å². The minimum absolute atomic E-state index is 0.106. The standard InChI is InChI=1S/C16H24N2O3/c1-12-10-17-9-5-6-13(17)11-18(12)14(19)16(15(20)21)7-3-2-4-8-16/h2-3,12-13H,4-11H2,1H3,(H,20,21). The fourth-order valence-electron chi connectivity index (χ4n) is 4.06. The lowest BCUT2D eigenvalue weighted by atomic mass is 9.75. The summed E-state index contributed by atoms with van der Waals surface area (Å²) in [7, 11) is 0. The average Bonchev–Trinajstić information content (AvgIpc) is 2.93. The number of amides is 1. The summed E-state index contributed by atoms with van der Waals surface area (Å²) in [5, 5.41) is 9.67. The minimum Gasteiger partial charge on any atom is -0.480 e. The van der Waals surface area contributed by atoms with Gasteiger partial charge in [-0.05, 0) is 45.6 Å². The summed E-state index contributed by atoms with van der Waals surface area (Å²) in [6.45, 7) is 4.73. The predicted octanol–water partition coefficient (Wildman–Crippen LogP) is 1.49. The van der Waals surface area contributed by atoms with Gasteiger partial charge in [-0.3, -0.25) is 14.5 Å². The monoisotopic (exact) mass is 292 g/mol. The SMILES string of the molecule is CC1CN2CCCC2CN1C(=O)C1(C(=O)O)CC=CCC1. The Morgan fingerprint density at radius 3 is 2.76 bits per heavy atom. The van der Waals surface area contributed by atoms with Gasteiger partial charge in [-0.15, -0.1) is 0 Å². The van der Waals surface area contributed by atoms with Crippen molar-refractivity contribution in [2.75, 3.05) is 19.6 Å². The highest BCUT2D eigenvalue weighted by atomic mass is 16.4. The van der Waals surface area contributed by atoms with Gasteiger partial charge in [0.1, 0.15) is 5.41 Å². The molecule has 0 bridgehead atoms. The molecule has 0 saturated carbocycles. The molecule has 0 radical (unpaired) electrons. The molecule has 1 aliphatic carbocycles. The largest absolute Gasteiger partial charge is 0.480 e. The molecule has 0 aromatic rings. The highest BCUT2D eigenvalue weighted by Crippen LogP contribution is 2.37. The number of aliphatic carboxylic acids is 1. The van der Waals surface area contributed by atoms with Gasteiger partial charge in [0, 0.05) is 25.2 Å². The molecule has 0 aromatic carbocycles. The van der Waals surface area contributed by atoms with Crippen molar-refractivity contribution < 1.29 is 14.7 Å². The summed E-state index contributed by atoms with van der Waals surface area (Å²) in [6, 6.07) is 0.532. The van der Waals surface area contributed by atoms with E-state index in [9.17, 15) is 14.7 Å². The molecule has 3 unspecified atom stereocenters. The molecule has 3 rings (SSSR count). The molecule has 3 aliphatic rings. The Labute approximate surface area is 125 Å². The van der Waals surface area contributed by atoms with Crippen LogP contribution in [0.3, 0.4) is 0 Å². The number of allylic oxidation sites excluding steroid dienone is 2. The van der Waals surface area contributed by atoms with Gasteiger partial charge < -0.3 is 10.0 Å². The molecule has 116 valence electrons. The number of nitrogens with zero attached hydrogens (tertiary/aromatic N) is 2. The third-order valence-electron chi connectivity index (χ3n) is 5.39. The van der Waals surface area contributed by atoms with Gasteiger partial charge in [-0.1, -0.05) is 12.2 Å². The number of hydrogen-bond acceptors (Lipinski definition) is 3. The lowest BCUT2D eigenvalue weighted by molar-refractivity contribution is -0.164. The molecule has 2 fully saturated rings. The van der Waals surface area contributed by atoms with E-state index >= 15 is 0 Å². The van der Waals surface area contributed by atoms with E-state index < -0.39 is 11.4 Å². The molecule has 0 spiro atoms. The summed E-state index contributed by atoms with van der Waals surface area (Å²) < 4.78 is 0. The van der Waals surface area contributed by atoms with E-state index in [4.69, 9.17) is 0 Å². The number of fused-ring (bicyclic) bond motifs is 1. The summed E-state index contributed by atoms with van der Waals surface area (Å²) in [5.74, 6) is -1.13. The second-order valence-electron chi connectivity index (χ2n) is 6.70. The fraction of sp³-hybridized carbons (Fsp3) is 0.750. The molecule has 21 heavy (non-hydrogen) atoms. The maximum Gasteiger partial charge on any atom is 0.319 e. The molecule has 5 nitrogen and oxygen atoms in total. The van der Waals surface area contributed by atoms with E-state index in [1.54, 1.807) is 0 Å². The quantitative estimate of drug-likeness (QED) is 0.619. The van der Waals surface area contributed by atoms with Crippen molar-refractivity contribution in [1.29, 1.82) is 0 Å². The molecule has 0 aromatic heterocycles. The van der Waals surface area contributed by atoms with E-state index in [1.165, 1.54) is 6.42 Å². The van der Waals surface area contributed by atoms with E-state index in [1.807, 2.05) is 24.0 Å². The smallest absolute Gasteiger partial charge is 0.319 e. The Hall–Kier alpha value is -1.36. The second kappa shape index (κ2) is 5.44. The lowest BCUT2D eigenvalue weighted by Crippen LogP contribution is -2.61. The third kappa shape index (κ3) is 2.37. The van der Waals surface area contributed by atoms with Gasteiger partial charge in [-0.25, -0.2) is 0 Å². The van der Waals surface area contributed by atoms with Gasteiger partial charge in [-0.2, -0.15) is 0 Å². The van der Waals surface area contributed by atoms with Crippen LogP contribution in [0.1, 0.15) is 39.0 Å². The van der Waals surface area contributed by atoms with Crippen LogP contribution in [0.4, 0.5) is 0 Å². The first-order valence-electron chi connectivity index (χ1n) is 7.98. The summed E-state index contributed by atoms with van der Waals surface area (Å²) in [4.78, 5) is 29.1. The van der Waals surface area contributed by atoms with Crippen molar-refractivity contribution in [2.45, 2.75) is 51.1 Å². The van der Waals surface area contributed by atoms with Crippen molar-refractivity contribution in [3.63, 3.8) is 0 Å². The third-order valence-corrected chi connectivity index (χ3v) is 5.39. The van der Waals surface area contributed by atoms with Crippen molar-refractivity contribution in [3.8, 4) is 0 Å². The highest BCUT2D eigenvalue weighted by molar-refractivity contribution is 6.02. The first kappa shape index (κ1) is 14.6. The number of carbonyl (C=O) groups is 2. The van der Waals surface area contributed by atoms with Crippen LogP contribution in [0.5, 0.6) is 0 Å². The molecule has 1 N–H and O–H groups in total. The zero-order valence-corrected chi connectivity index (χ0v) is 12.6. The number of hydrogen-bond donors (Lipinski definition) is 1. The van der Waals surface area contributed by atoms with Gasteiger partial charge >= 0.3 is 5.97 Å². The number of carboxylic acids is 1. The molecule has 3 atom stereocenters. The van der Waals surface area contributed by atoms with Gasteiger partial charge in [0.05, 0.1) is 0 Å². The molecule has 2 saturated heterocycles. The molecular formula is C16H24N2O3. The number of rotatable bonds is 2. The van der Waals surface area contributed by atoms with Crippen molar-refractivity contribution >= 4 is 11.9 Å². The van der Waals surface area contributed by atoms with Crippen LogP contribution in [0.15, 0.2) is 12.2 Å². The van der Waals surface area contributed by atoms with Crippen LogP contribution in [0.25, 0.3) is 0 Å². The van der Waals surface area contributed by atoms with Gasteiger partial charge in [0.15, 0.2) is 0 Å². The van der Waals surface area contributed by atoms with E-state index in [0.717, 1.165) is 19.5 Å². The van der Waals surface area contributed by atoms with E-state index in [0.29, 0.717) is 31.8 Å². The number of carboxylic acid groups (broad SMARTS) is 1. The Kier molecular flexibility index (Phi) is 3.78. The highest BCUT2D eigenvalue weighted by Gasteiger charge is 2.50.